The quantitative estimate of drug-likeness (QED) is 0.751. The molecule has 0 saturated heterocycles. The Hall–Kier alpha value is -1.87. The summed E-state index contributed by atoms with van der Waals surface area (Å²) in [6.07, 6.45) is 4.35. The molecule has 17 heavy (non-hydrogen) atoms. The summed E-state index contributed by atoms with van der Waals surface area (Å²) in [4.78, 5) is 11.8. The van der Waals surface area contributed by atoms with Gasteiger partial charge in [0.1, 0.15) is 5.82 Å². The van der Waals surface area contributed by atoms with Crippen LogP contribution in [0.4, 0.5) is 0 Å². The molecular weight excluding hydrogens is 234 g/mol. The maximum Gasteiger partial charge on any atom is 0.111 e. The number of H-pyrrole nitrogens is 1. The van der Waals surface area contributed by atoms with E-state index in [9.17, 15) is 0 Å². The Balaban J connectivity index is 1.96. The van der Waals surface area contributed by atoms with Crippen molar-refractivity contribution < 1.29 is 0 Å². The van der Waals surface area contributed by atoms with E-state index in [4.69, 9.17) is 11.6 Å². The molecule has 1 aromatic carbocycles. The fourth-order valence-electron chi connectivity index (χ4n) is 1.81. The lowest BCUT2D eigenvalue weighted by Crippen LogP contribution is -1.90. The van der Waals surface area contributed by atoms with E-state index in [1.807, 2.05) is 30.3 Å². The third-order valence-corrected chi connectivity index (χ3v) is 2.85. The second kappa shape index (κ2) is 4.18. The van der Waals surface area contributed by atoms with Crippen LogP contribution in [0.3, 0.4) is 0 Å². The summed E-state index contributed by atoms with van der Waals surface area (Å²) in [6.45, 7) is 0. The predicted molar refractivity (Wildman–Crippen MR) is 68.1 cm³/mol. The second-order valence-electron chi connectivity index (χ2n) is 3.88. The highest BCUT2D eigenvalue weighted by Crippen LogP contribution is 2.18. The molecule has 0 spiro atoms. The van der Waals surface area contributed by atoms with Gasteiger partial charge in [-0.25, -0.2) is 4.98 Å². The van der Waals surface area contributed by atoms with Crippen LogP contribution in [0.5, 0.6) is 0 Å². The van der Waals surface area contributed by atoms with Crippen molar-refractivity contribution in [3.8, 4) is 0 Å². The van der Waals surface area contributed by atoms with E-state index in [0.29, 0.717) is 0 Å². The smallest absolute Gasteiger partial charge is 0.111 e. The maximum absolute atomic E-state index is 5.93. The lowest BCUT2D eigenvalue weighted by molar-refractivity contribution is 1.03. The molecule has 0 amide bonds. The zero-order valence-corrected chi connectivity index (χ0v) is 9.78. The minimum Gasteiger partial charge on any atom is -0.342 e. The van der Waals surface area contributed by atoms with E-state index < -0.39 is 0 Å². The molecule has 0 bridgehead atoms. The van der Waals surface area contributed by atoms with Crippen LogP contribution >= 0.6 is 11.6 Å². The minimum atomic E-state index is 0.719. The summed E-state index contributed by atoms with van der Waals surface area (Å²) < 4.78 is 0. The fraction of sp³-hybridized carbons (Fsp3) is 0.0769. The van der Waals surface area contributed by atoms with Crippen molar-refractivity contribution in [2.75, 3.05) is 0 Å². The highest BCUT2D eigenvalue weighted by molar-refractivity contribution is 6.31. The molecule has 3 aromatic rings. The van der Waals surface area contributed by atoms with Crippen LogP contribution in [0, 0.1) is 0 Å². The van der Waals surface area contributed by atoms with E-state index in [1.165, 1.54) is 5.56 Å². The number of pyridine rings is 1. The third-order valence-electron chi connectivity index (χ3n) is 2.61. The topological polar surface area (TPSA) is 41.6 Å². The Morgan fingerprint density at radius 1 is 1.12 bits per heavy atom. The average Bonchev–Trinajstić information content (AvgIpc) is 2.71. The summed E-state index contributed by atoms with van der Waals surface area (Å²) in [6, 6.07) is 9.63. The number of rotatable bonds is 2. The van der Waals surface area contributed by atoms with Crippen molar-refractivity contribution in [1.82, 2.24) is 15.0 Å². The van der Waals surface area contributed by atoms with Gasteiger partial charge in [0, 0.05) is 23.8 Å². The lowest BCUT2D eigenvalue weighted by atomic mass is 10.2. The summed E-state index contributed by atoms with van der Waals surface area (Å²) in [5.41, 5.74) is 3.10. The van der Waals surface area contributed by atoms with E-state index in [-0.39, 0.29) is 0 Å². The van der Waals surface area contributed by atoms with Gasteiger partial charge in [0.15, 0.2) is 0 Å². The Kier molecular flexibility index (Phi) is 2.53. The first-order valence-corrected chi connectivity index (χ1v) is 5.72. The summed E-state index contributed by atoms with van der Waals surface area (Å²) in [5, 5.41) is 0.719. The van der Waals surface area contributed by atoms with Crippen molar-refractivity contribution in [3.05, 3.63) is 59.1 Å². The number of aromatic amines is 1. The lowest BCUT2D eigenvalue weighted by Gasteiger charge is -1.95. The van der Waals surface area contributed by atoms with Crippen LogP contribution in [0.25, 0.3) is 11.0 Å². The van der Waals surface area contributed by atoms with Gasteiger partial charge < -0.3 is 4.98 Å². The molecule has 3 nitrogen and oxygen atoms in total. The van der Waals surface area contributed by atoms with Gasteiger partial charge in [0.05, 0.1) is 11.0 Å². The van der Waals surface area contributed by atoms with E-state index in [1.54, 1.807) is 12.4 Å². The summed E-state index contributed by atoms with van der Waals surface area (Å²) >= 11 is 5.93. The molecule has 0 aliphatic rings. The number of benzene rings is 1. The third kappa shape index (κ3) is 2.15. The van der Waals surface area contributed by atoms with Gasteiger partial charge in [0.25, 0.3) is 0 Å². The maximum atomic E-state index is 5.93. The number of hydrogen-bond donors (Lipinski definition) is 1. The molecule has 0 radical (unpaired) electrons. The average molecular weight is 244 g/mol. The van der Waals surface area contributed by atoms with Crippen LogP contribution in [-0.4, -0.2) is 15.0 Å². The van der Waals surface area contributed by atoms with Crippen molar-refractivity contribution >= 4 is 22.6 Å². The van der Waals surface area contributed by atoms with E-state index >= 15 is 0 Å². The number of halogens is 1. The monoisotopic (exact) mass is 243 g/mol. The molecule has 2 aromatic heterocycles. The van der Waals surface area contributed by atoms with E-state index in [2.05, 4.69) is 15.0 Å². The molecule has 0 atom stereocenters. The molecule has 3 rings (SSSR count). The van der Waals surface area contributed by atoms with Crippen LogP contribution < -0.4 is 0 Å². The Morgan fingerprint density at radius 3 is 2.76 bits per heavy atom. The van der Waals surface area contributed by atoms with Crippen LogP contribution in [0.15, 0.2) is 42.7 Å². The van der Waals surface area contributed by atoms with Gasteiger partial charge in [-0.05, 0) is 35.9 Å². The van der Waals surface area contributed by atoms with Gasteiger partial charge >= 0.3 is 0 Å². The second-order valence-corrected chi connectivity index (χ2v) is 4.31. The van der Waals surface area contributed by atoms with Gasteiger partial charge in [-0.15, -0.1) is 0 Å². The SMILES string of the molecule is Clc1ccc2nc(Cc3ccncc3)[nH]c2c1. The molecule has 0 saturated carbocycles. The first kappa shape index (κ1) is 10.3. The Labute approximate surface area is 103 Å². The van der Waals surface area contributed by atoms with E-state index in [0.717, 1.165) is 28.3 Å². The van der Waals surface area contributed by atoms with Crippen molar-refractivity contribution in [2.45, 2.75) is 6.42 Å². The molecule has 1 N–H and O–H groups in total. The molecule has 0 aliphatic heterocycles. The first-order chi connectivity index (χ1) is 8.31. The van der Waals surface area contributed by atoms with Crippen molar-refractivity contribution in [1.29, 1.82) is 0 Å². The summed E-state index contributed by atoms with van der Waals surface area (Å²) in [5.74, 6) is 0.938. The number of aromatic nitrogens is 3. The van der Waals surface area contributed by atoms with Crippen molar-refractivity contribution in [3.63, 3.8) is 0 Å². The molecule has 0 fully saturated rings. The Morgan fingerprint density at radius 2 is 1.94 bits per heavy atom. The van der Waals surface area contributed by atoms with Crippen LogP contribution in [0.2, 0.25) is 5.02 Å². The number of hydrogen-bond acceptors (Lipinski definition) is 2. The number of fused-ring (bicyclic) bond motifs is 1. The zero-order chi connectivity index (χ0) is 11.7. The highest BCUT2D eigenvalue weighted by Gasteiger charge is 2.03. The Bertz CT molecular complexity index is 646. The van der Waals surface area contributed by atoms with Gasteiger partial charge in [-0.1, -0.05) is 11.6 Å². The van der Waals surface area contributed by atoms with Gasteiger partial charge in [-0.3, -0.25) is 4.98 Å². The van der Waals surface area contributed by atoms with Crippen molar-refractivity contribution in [2.24, 2.45) is 0 Å². The normalized spacial score (nSPS) is 10.9. The number of imidazole rings is 1. The predicted octanol–water partition coefficient (Wildman–Crippen LogP) is 3.20. The van der Waals surface area contributed by atoms with Gasteiger partial charge in [-0.2, -0.15) is 0 Å². The molecule has 84 valence electrons. The molecule has 4 heteroatoms. The molecule has 0 unspecified atom stereocenters. The largest absolute Gasteiger partial charge is 0.342 e. The number of nitrogens with one attached hydrogen (secondary N) is 1. The standard InChI is InChI=1S/C13H10ClN3/c14-10-1-2-11-12(8-10)17-13(16-11)7-9-3-5-15-6-4-9/h1-6,8H,7H2,(H,16,17). The molecular formula is C13H10ClN3. The highest BCUT2D eigenvalue weighted by atomic mass is 35.5. The summed E-state index contributed by atoms with van der Waals surface area (Å²) in [7, 11) is 0. The minimum absolute atomic E-state index is 0.719. The van der Waals surface area contributed by atoms with Crippen LogP contribution in [-0.2, 0) is 6.42 Å². The molecule has 2 heterocycles. The molecule has 0 aliphatic carbocycles. The van der Waals surface area contributed by atoms with Crippen LogP contribution in [0.1, 0.15) is 11.4 Å². The first-order valence-electron chi connectivity index (χ1n) is 5.34. The number of nitrogens with zero attached hydrogens (tertiary/aromatic N) is 2. The fourth-order valence-corrected chi connectivity index (χ4v) is 1.98. The zero-order valence-electron chi connectivity index (χ0n) is 9.02. The van der Waals surface area contributed by atoms with Gasteiger partial charge in [0.2, 0.25) is 0 Å².